The van der Waals surface area contributed by atoms with Crippen LogP contribution in [0.5, 0.6) is 0 Å². The van der Waals surface area contributed by atoms with Gasteiger partial charge in [-0.05, 0) is 55.9 Å². The van der Waals surface area contributed by atoms with Crippen molar-refractivity contribution < 1.29 is 9.53 Å². The van der Waals surface area contributed by atoms with Gasteiger partial charge in [-0.1, -0.05) is 30.3 Å². The Bertz CT molecular complexity index is 1860. The molecule has 3 aliphatic rings. The normalized spacial score (nSPS) is 19.7. The van der Waals surface area contributed by atoms with E-state index in [0.29, 0.717) is 35.3 Å². The van der Waals surface area contributed by atoms with Crippen LogP contribution in [0.15, 0.2) is 78.0 Å². The molecule has 0 atom stereocenters. The molecule has 2 amide bonds. The zero-order valence-electron chi connectivity index (χ0n) is 27.0. The SMILES string of the molecule is Cn1ccc(-c2ccc(N(C(=O)NCc3ccccc3)C3CCC(Nc4ncc(C#N)c(N5CCC6(COC6)C5)n4)CC3)cn2)cc1=O. The number of ether oxygens (including phenoxy) is 1. The smallest absolute Gasteiger partial charge is 0.322 e. The molecular formula is C36H39N9O3. The molecule has 1 saturated carbocycles. The number of anilines is 3. The Labute approximate surface area is 279 Å². The first-order chi connectivity index (χ1) is 23.4. The van der Waals surface area contributed by atoms with Gasteiger partial charge in [-0.25, -0.2) is 9.78 Å². The third-order valence-corrected chi connectivity index (χ3v) is 9.77. The molecule has 7 rings (SSSR count). The van der Waals surface area contributed by atoms with Gasteiger partial charge in [0, 0.05) is 62.0 Å². The summed E-state index contributed by atoms with van der Waals surface area (Å²) < 4.78 is 6.99. The van der Waals surface area contributed by atoms with E-state index in [-0.39, 0.29) is 29.1 Å². The Hall–Kier alpha value is -5.28. The molecule has 1 aromatic carbocycles. The number of urea groups is 1. The molecule has 0 radical (unpaired) electrons. The largest absolute Gasteiger partial charge is 0.380 e. The number of nitrogens with zero attached hydrogens (tertiary/aromatic N) is 7. The fraction of sp³-hybridized carbons (Fsp3) is 0.389. The van der Waals surface area contributed by atoms with Crippen molar-refractivity contribution in [1.29, 1.82) is 5.26 Å². The number of rotatable bonds is 8. The maximum absolute atomic E-state index is 13.8. The lowest BCUT2D eigenvalue weighted by molar-refractivity contribution is -0.0985. The second-order valence-electron chi connectivity index (χ2n) is 13.1. The quantitative estimate of drug-likeness (QED) is 0.284. The fourth-order valence-electron chi connectivity index (χ4n) is 6.93. The van der Waals surface area contributed by atoms with Crippen LogP contribution in [-0.2, 0) is 18.3 Å². The summed E-state index contributed by atoms with van der Waals surface area (Å²) in [5.74, 6) is 1.20. The number of pyridine rings is 2. The first kappa shape index (κ1) is 31.3. The number of hydrogen-bond acceptors (Lipinski definition) is 9. The number of amides is 2. The van der Waals surface area contributed by atoms with Crippen molar-refractivity contribution >= 4 is 23.5 Å². The number of carbonyl (C=O) groups excluding carboxylic acids is 1. The molecule has 2 N–H and O–H groups in total. The zero-order chi connectivity index (χ0) is 33.1. The topological polar surface area (TPSA) is 141 Å². The van der Waals surface area contributed by atoms with Crippen molar-refractivity contribution in [2.75, 3.05) is 41.4 Å². The zero-order valence-corrected chi connectivity index (χ0v) is 27.0. The van der Waals surface area contributed by atoms with Crippen molar-refractivity contribution in [3.05, 3.63) is 94.7 Å². The third kappa shape index (κ3) is 6.59. The summed E-state index contributed by atoms with van der Waals surface area (Å²) in [5.41, 5.74) is 3.66. The van der Waals surface area contributed by atoms with Crippen LogP contribution >= 0.6 is 0 Å². The van der Waals surface area contributed by atoms with Crippen molar-refractivity contribution in [3.8, 4) is 17.3 Å². The van der Waals surface area contributed by atoms with Crippen molar-refractivity contribution in [1.82, 2.24) is 24.8 Å². The first-order valence-corrected chi connectivity index (χ1v) is 16.5. The maximum Gasteiger partial charge on any atom is 0.322 e. The Morgan fingerprint density at radius 3 is 2.56 bits per heavy atom. The van der Waals surface area contributed by atoms with Crippen LogP contribution in [-0.4, -0.2) is 63.9 Å². The number of aryl methyl sites for hydroxylation is 1. The van der Waals surface area contributed by atoms with Gasteiger partial charge in [0.2, 0.25) is 5.95 Å². The lowest BCUT2D eigenvalue weighted by atomic mass is 9.85. The molecule has 0 bridgehead atoms. The van der Waals surface area contributed by atoms with E-state index >= 15 is 0 Å². The van der Waals surface area contributed by atoms with Crippen LogP contribution in [0.3, 0.4) is 0 Å². The lowest BCUT2D eigenvalue weighted by Crippen LogP contribution is -2.48. The fourth-order valence-corrected chi connectivity index (χ4v) is 6.93. The molecule has 2 aliphatic heterocycles. The Morgan fingerprint density at radius 2 is 1.90 bits per heavy atom. The Morgan fingerprint density at radius 1 is 1.08 bits per heavy atom. The minimum absolute atomic E-state index is 0.0431. The van der Waals surface area contributed by atoms with E-state index in [9.17, 15) is 14.9 Å². The molecule has 246 valence electrons. The summed E-state index contributed by atoms with van der Waals surface area (Å²) in [6.07, 6.45) is 9.25. The maximum atomic E-state index is 13.8. The van der Waals surface area contributed by atoms with Crippen LogP contribution in [0, 0.1) is 16.7 Å². The minimum atomic E-state index is -0.182. The van der Waals surface area contributed by atoms with Crippen molar-refractivity contribution in [3.63, 3.8) is 0 Å². The molecule has 12 heteroatoms. The number of carbonyl (C=O) groups is 1. The summed E-state index contributed by atoms with van der Waals surface area (Å²) in [4.78, 5) is 43.9. The second kappa shape index (κ2) is 13.4. The van der Waals surface area contributed by atoms with E-state index in [0.717, 1.165) is 69.5 Å². The molecule has 4 aromatic rings. The van der Waals surface area contributed by atoms with Crippen LogP contribution in [0.1, 0.15) is 43.2 Å². The molecule has 2 saturated heterocycles. The molecule has 1 aliphatic carbocycles. The predicted molar refractivity (Wildman–Crippen MR) is 183 cm³/mol. The van der Waals surface area contributed by atoms with Crippen molar-refractivity contribution in [2.24, 2.45) is 12.5 Å². The van der Waals surface area contributed by atoms with E-state index < -0.39 is 0 Å². The molecule has 1 spiro atoms. The minimum Gasteiger partial charge on any atom is -0.380 e. The highest BCUT2D eigenvalue weighted by Crippen LogP contribution is 2.40. The van der Waals surface area contributed by atoms with E-state index in [1.807, 2.05) is 53.4 Å². The molecule has 48 heavy (non-hydrogen) atoms. The summed E-state index contributed by atoms with van der Waals surface area (Å²) in [6.45, 7) is 3.63. The number of nitrogens with one attached hydrogen (secondary N) is 2. The number of benzene rings is 1. The van der Waals surface area contributed by atoms with Gasteiger partial charge in [0.15, 0.2) is 5.82 Å². The van der Waals surface area contributed by atoms with Gasteiger partial charge in [-0.2, -0.15) is 10.2 Å². The molecule has 0 unspecified atom stereocenters. The van der Waals surface area contributed by atoms with Crippen LogP contribution in [0.4, 0.5) is 22.2 Å². The van der Waals surface area contributed by atoms with E-state index in [1.165, 1.54) is 4.57 Å². The standard InChI is InChI=1S/C36H39N9O3/c1-43-15-13-26(17-32(43)46)31-12-11-30(21-38-31)45(35(47)40-19-25-5-3-2-4-6-25)29-9-7-28(8-10-29)41-34-39-20-27(18-37)33(42-34)44-16-14-36(22-44)23-48-24-36/h2-6,11-13,15,17,20-21,28-29H,7-10,14,16,19,22-24H2,1H3,(H,40,47)(H,39,41,42). The van der Waals surface area contributed by atoms with Gasteiger partial charge in [-0.3, -0.25) is 14.7 Å². The van der Waals surface area contributed by atoms with Crippen molar-refractivity contribution in [2.45, 2.75) is 50.7 Å². The van der Waals surface area contributed by atoms with Gasteiger partial charge < -0.3 is 24.8 Å². The molecule has 5 heterocycles. The molecule has 12 nitrogen and oxygen atoms in total. The second-order valence-corrected chi connectivity index (χ2v) is 13.1. The van der Waals surface area contributed by atoms with Crippen LogP contribution in [0.25, 0.3) is 11.3 Å². The highest BCUT2D eigenvalue weighted by molar-refractivity contribution is 5.92. The monoisotopic (exact) mass is 645 g/mol. The Balaban J connectivity index is 1.05. The van der Waals surface area contributed by atoms with Gasteiger partial charge in [0.05, 0.1) is 37.0 Å². The van der Waals surface area contributed by atoms with E-state index in [1.54, 1.807) is 31.7 Å². The van der Waals surface area contributed by atoms with E-state index in [2.05, 4.69) is 31.6 Å². The average Bonchev–Trinajstić information content (AvgIpc) is 3.57. The van der Waals surface area contributed by atoms with Gasteiger partial charge in [-0.15, -0.1) is 0 Å². The van der Waals surface area contributed by atoms with Crippen LogP contribution < -0.4 is 26.0 Å². The number of aromatic nitrogens is 4. The third-order valence-electron chi connectivity index (χ3n) is 9.77. The van der Waals surface area contributed by atoms with Gasteiger partial charge in [0.1, 0.15) is 11.6 Å². The lowest BCUT2D eigenvalue weighted by Gasteiger charge is -2.38. The number of hydrogen-bond donors (Lipinski definition) is 2. The highest BCUT2D eigenvalue weighted by atomic mass is 16.5. The summed E-state index contributed by atoms with van der Waals surface area (Å²) in [6, 6.07) is 19.2. The molecular weight excluding hydrogens is 606 g/mol. The Kier molecular flexibility index (Phi) is 8.78. The van der Waals surface area contributed by atoms with E-state index in [4.69, 9.17) is 9.72 Å². The van der Waals surface area contributed by atoms with Gasteiger partial charge >= 0.3 is 6.03 Å². The molecule has 3 fully saturated rings. The summed E-state index contributed by atoms with van der Waals surface area (Å²) >= 11 is 0. The van der Waals surface area contributed by atoms with Gasteiger partial charge in [0.25, 0.3) is 5.56 Å². The number of nitriles is 1. The summed E-state index contributed by atoms with van der Waals surface area (Å²) in [7, 11) is 1.71. The van der Waals surface area contributed by atoms with Crippen LogP contribution in [0.2, 0.25) is 0 Å². The molecule has 3 aromatic heterocycles. The first-order valence-electron chi connectivity index (χ1n) is 16.5. The average molecular weight is 646 g/mol. The predicted octanol–water partition coefficient (Wildman–Crippen LogP) is 4.48. The highest BCUT2D eigenvalue weighted by Gasteiger charge is 2.45. The summed E-state index contributed by atoms with van der Waals surface area (Å²) in [5, 5.41) is 16.4.